The van der Waals surface area contributed by atoms with E-state index in [1.54, 1.807) is 18.2 Å². The van der Waals surface area contributed by atoms with Crippen LogP contribution in [0.3, 0.4) is 0 Å². The third kappa shape index (κ3) is 6.80. The first-order valence-corrected chi connectivity index (χ1v) is 9.25. The predicted molar refractivity (Wildman–Crippen MR) is 99.2 cm³/mol. The third-order valence-electron chi connectivity index (χ3n) is 3.61. The first-order valence-electron chi connectivity index (χ1n) is 8.06. The highest BCUT2D eigenvalue weighted by atomic mass is 35.5. The fourth-order valence-corrected chi connectivity index (χ4v) is 3.32. The summed E-state index contributed by atoms with van der Waals surface area (Å²) in [5, 5.41) is 2.70. The Kier molecular flexibility index (Phi) is 7.99. The van der Waals surface area contributed by atoms with Crippen molar-refractivity contribution in [1.29, 1.82) is 0 Å². The summed E-state index contributed by atoms with van der Waals surface area (Å²) in [6, 6.07) is 7.95. The van der Waals surface area contributed by atoms with Crippen LogP contribution in [-0.2, 0) is 11.2 Å². The highest BCUT2D eigenvalue weighted by Crippen LogP contribution is 2.29. The van der Waals surface area contributed by atoms with Gasteiger partial charge in [-0.3, -0.25) is 9.59 Å². The molecule has 0 aliphatic carbocycles. The van der Waals surface area contributed by atoms with Crippen LogP contribution >= 0.6 is 22.9 Å². The predicted octanol–water partition coefficient (Wildman–Crippen LogP) is 4.33. The van der Waals surface area contributed by atoms with Gasteiger partial charge in [0.2, 0.25) is 5.91 Å². The van der Waals surface area contributed by atoms with Crippen molar-refractivity contribution >= 4 is 34.6 Å². The van der Waals surface area contributed by atoms with Gasteiger partial charge >= 0.3 is 6.61 Å². The molecule has 0 spiro atoms. The zero-order valence-electron chi connectivity index (χ0n) is 14.5. The molecule has 0 bridgehead atoms. The second-order valence-electron chi connectivity index (χ2n) is 5.49. The second kappa shape index (κ2) is 10.2. The standard InChI is InChI=1S/C18H18ClF2NO4S/c1-25-13-4-2-11(10-14(13)26-18(20)21)8-9-22-17(24)7-3-12(23)15-5-6-16(19)27-15/h2,4-6,10,18H,3,7-9H2,1H3,(H,22,24). The summed E-state index contributed by atoms with van der Waals surface area (Å²) in [6.45, 7) is -2.65. The zero-order chi connectivity index (χ0) is 19.8. The molecule has 1 amide bonds. The summed E-state index contributed by atoms with van der Waals surface area (Å²) in [4.78, 5) is 24.3. The van der Waals surface area contributed by atoms with Gasteiger partial charge in [-0.15, -0.1) is 11.3 Å². The third-order valence-corrected chi connectivity index (χ3v) is 4.88. The molecule has 1 N–H and O–H groups in total. The number of thiophene rings is 1. The average Bonchev–Trinajstić information content (AvgIpc) is 3.06. The van der Waals surface area contributed by atoms with Crippen molar-refractivity contribution in [2.45, 2.75) is 25.9 Å². The number of alkyl halides is 2. The molecule has 9 heteroatoms. The van der Waals surface area contributed by atoms with Gasteiger partial charge in [0.1, 0.15) is 0 Å². The SMILES string of the molecule is COc1ccc(CCNC(=O)CCC(=O)c2ccc(Cl)s2)cc1OC(F)F. The van der Waals surface area contributed by atoms with Crippen LogP contribution in [0.4, 0.5) is 8.78 Å². The van der Waals surface area contributed by atoms with Crippen LogP contribution < -0.4 is 14.8 Å². The van der Waals surface area contributed by atoms with Crippen LogP contribution in [-0.4, -0.2) is 32.0 Å². The molecule has 27 heavy (non-hydrogen) atoms. The van der Waals surface area contributed by atoms with E-state index < -0.39 is 6.61 Å². The van der Waals surface area contributed by atoms with Crippen LogP contribution in [0.2, 0.25) is 4.34 Å². The quantitative estimate of drug-likeness (QED) is 0.584. The topological polar surface area (TPSA) is 64.6 Å². The lowest BCUT2D eigenvalue weighted by molar-refractivity contribution is -0.121. The number of benzene rings is 1. The first kappa shape index (κ1) is 21.1. The normalized spacial score (nSPS) is 10.7. The van der Waals surface area contributed by atoms with E-state index >= 15 is 0 Å². The minimum Gasteiger partial charge on any atom is -0.493 e. The van der Waals surface area contributed by atoms with Gasteiger partial charge in [-0.1, -0.05) is 17.7 Å². The first-order chi connectivity index (χ1) is 12.9. The molecule has 2 aromatic rings. The van der Waals surface area contributed by atoms with E-state index in [1.165, 1.54) is 30.6 Å². The number of carbonyl (C=O) groups excluding carboxylic acids is 2. The lowest BCUT2D eigenvalue weighted by atomic mass is 10.1. The van der Waals surface area contributed by atoms with Gasteiger partial charge in [-0.2, -0.15) is 8.78 Å². The number of carbonyl (C=O) groups is 2. The molecule has 0 saturated carbocycles. The van der Waals surface area contributed by atoms with Crippen molar-refractivity contribution in [2.75, 3.05) is 13.7 Å². The Morgan fingerprint density at radius 3 is 2.59 bits per heavy atom. The zero-order valence-corrected chi connectivity index (χ0v) is 16.0. The van der Waals surface area contributed by atoms with Gasteiger partial charge in [0.15, 0.2) is 17.3 Å². The molecule has 0 aliphatic rings. The maximum Gasteiger partial charge on any atom is 0.387 e. The number of hydrogen-bond acceptors (Lipinski definition) is 5. The monoisotopic (exact) mass is 417 g/mol. The van der Waals surface area contributed by atoms with E-state index in [0.717, 1.165) is 0 Å². The number of ketones is 1. The van der Waals surface area contributed by atoms with Gasteiger partial charge in [0, 0.05) is 19.4 Å². The number of rotatable bonds is 10. The smallest absolute Gasteiger partial charge is 0.387 e. The molecule has 0 atom stereocenters. The molecular formula is C18H18ClF2NO4S. The van der Waals surface area contributed by atoms with Crippen molar-refractivity contribution in [2.24, 2.45) is 0 Å². The number of Topliss-reactive ketones (excluding diaryl/α,β-unsaturated/α-hetero) is 1. The Morgan fingerprint density at radius 1 is 1.19 bits per heavy atom. The molecule has 2 rings (SSSR count). The largest absolute Gasteiger partial charge is 0.493 e. The number of ether oxygens (including phenoxy) is 2. The maximum atomic E-state index is 12.4. The lowest BCUT2D eigenvalue weighted by Gasteiger charge is -2.12. The Hall–Kier alpha value is -2.19. The molecular weight excluding hydrogens is 400 g/mol. The Morgan fingerprint density at radius 2 is 1.96 bits per heavy atom. The van der Waals surface area contributed by atoms with E-state index in [4.69, 9.17) is 16.3 Å². The average molecular weight is 418 g/mol. The number of hydrogen-bond donors (Lipinski definition) is 1. The van der Waals surface area contributed by atoms with Gasteiger partial charge in [0.05, 0.1) is 16.3 Å². The fraction of sp³-hybridized carbons (Fsp3) is 0.333. The van der Waals surface area contributed by atoms with Crippen molar-refractivity contribution in [3.63, 3.8) is 0 Å². The van der Waals surface area contributed by atoms with Crippen molar-refractivity contribution in [1.82, 2.24) is 5.32 Å². The number of halogens is 3. The number of methoxy groups -OCH3 is 1. The van der Waals surface area contributed by atoms with Crippen LogP contribution in [0.15, 0.2) is 30.3 Å². The van der Waals surface area contributed by atoms with Crippen molar-refractivity contribution in [3.05, 3.63) is 45.1 Å². The van der Waals surface area contributed by atoms with Gasteiger partial charge < -0.3 is 14.8 Å². The highest BCUT2D eigenvalue weighted by molar-refractivity contribution is 7.18. The molecule has 1 heterocycles. The minimum absolute atomic E-state index is 0.0588. The van der Waals surface area contributed by atoms with Gasteiger partial charge in [0.25, 0.3) is 0 Å². The van der Waals surface area contributed by atoms with E-state index in [2.05, 4.69) is 10.1 Å². The van der Waals surface area contributed by atoms with E-state index in [1.807, 2.05) is 0 Å². The summed E-state index contributed by atoms with van der Waals surface area (Å²) in [7, 11) is 1.36. The van der Waals surface area contributed by atoms with E-state index in [-0.39, 0.29) is 36.0 Å². The number of amides is 1. The Bertz CT molecular complexity index is 797. The van der Waals surface area contributed by atoms with Gasteiger partial charge in [-0.05, 0) is 36.2 Å². The van der Waals surface area contributed by atoms with Gasteiger partial charge in [-0.25, -0.2) is 0 Å². The fourth-order valence-electron chi connectivity index (χ4n) is 2.31. The van der Waals surface area contributed by atoms with Crippen LogP contribution in [0.5, 0.6) is 11.5 Å². The lowest BCUT2D eigenvalue weighted by Crippen LogP contribution is -2.26. The van der Waals surface area contributed by atoms with Crippen LogP contribution in [0.1, 0.15) is 28.1 Å². The van der Waals surface area contributed by atoms with Crippen molar-refractivity contribution in [3.8, 4) is 11.5 Å². The molecule has 146 valence electrons. The van der Waals surface area contributed by atoms with E-state index in [0.29, 0.717) is 27.7 Å². The second-order valence-corrected chi connectivity index (χ2v) is 7.21. The molecule has 0 saturated heterocycles. The molecule has 1 aromatic heterocycles. The van der Waals surface area contributed by atoms with Crippen LogP contribution in [0.25, 0.3) is 0 Å². The minimum atomic E-state index is -2.95. The molecule has 0 radical (unpaired) electrons. The van der Waals surface area contributed by atoms with E-state index in [9.17, 15) is 18.4 Å². The number of nitrogens with one attached hydrogen (secondary N) is 1. The maximum absolute atomic E-state index is 12.4. The molecule has 1 aromatic carbocycles. The Balaban J connectivity index is 1.78. The molecule has 5 nitrogen and oxygen atoms in total. The summed E-state index contributed by atoms with van der Waals surface area (Å²) in [5.74, 6) is -0.249. The van der Waals surface area contributed by atoms with Crippen molar-refractivity contribution < 1.29 is 27.8 Å². The molecule has 0 fully saturated rings. The summed E-state index contributed by atoms with van der Waals surface area (Å²) in [5.41, 5.74) is 0.705. The Labute approximate surface area is 164 Å². The highest BCUT2D eigenvalue weighted by Gasteiger charge is 2.13. The van der Waals surface area contributed by atoms with Crippen LogP contribution in [0, 0.1) is 0 Å². The summed E-state index contributed by atoms with van der Waals surface area (Å²) >= 11 is 6.96. The summed E-state index contributed by atoms with van der Waals surface area (Å²) in [6.07, 6.45) is 0.581. The molecule has 0 unspecified atom stereocenters. The summed E-state index contributed by atoms with van der Waals surface area (Å²) < 4.78 is 34.8. The molecule has 0 aliphatic heterocycles.